The van der Waals surface area contributed by atoms with Crippen molar-refractivity contribution in [3.63, 3.8) is 0 Å². The fourth-order valence-electron chi connectivity index (χ4n) is 3.95. The molecule has 27 heavy (non-hydrogen) atoms. The average Bonchev–Trinajstić information content (AvgIpc) is 3.03. The Balaban J connectivity index is 1.39. The minimum atomic E-state index is -0.265. The SMILES string of the molecule is N#CC(CCCN1CCc2[nH]c3ccc(Cl)cc3c2C1)c1ccc(F)cc1. The summed E-state index contributed by atoms with van der Waals surface area (Å²) in [4.78, 5) is 5.95. The van der Waals surface area contributed by atoms with Crippen molar-refractivity contribution in [1.82, 2.24) is 9.88 Å². The smallest absolute Gasteiger partial charge is 0.123 e. The minimum Gasteiger partial charge on any atom is -0.358 e. The summed E-state index contributed by atoms with van der Waals surface area (Å²) in [7, 11) is 0. The van der Waals surface area contributed by atoms with Gasteiger partial charge >= 0.3 is 0 Å². The molecule has 0 saturated carbocycles. The number of H-pyrrole nitrogens is 1. The lowest BCUT2D eigenvalue weighted by Gasteiger charge is -2.27. The van der Waals surface area contributed by atoms with Crippen LogP contribution in [0, 0.1) is 17.1 Å². The van der Waals surface area contributed by atoms with Crippen LogP contribution in [0.1, 0.15) is 35.6 Å². The summed E-state index contributed by atoms with van der Waals surface area (Å²) in [6.45, 7) is 2.87. The molecule has 1 aliphatic rings. The van der Waals surface area contributed by atoms with Gasteiger partial charge in [0.25, 0.3) is 0 Å². The Labute approximate surface area is 163 Å². The van der Waals surface area contributed by atoms with E-state index in [1.54, 1.807) is 12.1 Å². The lowest BCUT2D eigenvalue weighted by molar-refractivity contribution is 0.248. The Hall–Kier alpha value is -2.35. The van der Waals surface area contributed by atoms with Gasteiger partial charge in [0.2, 0.25) is 0 Å². The molecule has 3 aromatic rings. The molecule has 2 aromatic carbocycles. The van der Waals surface area contributed by atoms with Gasteiger partial charge in [0.15, 0.2) is 0 Å². The van der Waals surface area contributed by atoms with Gasteiger partial charge < -0.3 is 4.98 Å². The highest BCUT2D eigenvalue weighted by molar-refractivity contribution is 6.31. The maximum Gasteiger partial charge on any atom is 0.123 e. The van der Waals surface area contributed by atoms with Gasteiger partial charge in [0.05, 0.1) is 12.0 Å². The fraction of sp³-hybridized carbons (Fsp3) is 0.318. The molecule has 1 N–H and O–H groups in total. The third kappa shape index (κ3) is 3.85. The van der Waals surface area contributed by atoms with E-state index in [0.717, 1.165) is 55.0 Å². The lowest BCUT2D eigenvalue weighted by atomic mass is 9.95. The van der Waals surface area contributed by atoms with E-state index < -0.39 is 0 Å². The number of halogens is 2. The van der Waals surface area contributed by atoms with E-state index in [1.165, 1.54) is 28.8 Å². The molecule has 2 heterocycles. The third-order valence-electron chi connectivity index (χ3n) is 5.41. The zero-order valence-corrected chi connectivity index (χ0v) is 15.8. The maximum absolute atomic E-state index is 13.1. The van der Waals surface area contributed by atoms with Gasteiger partial charge in [-0.15, -0.1) is 0 Å². The quantitative estimate of drug-likeness (QED) is 0.642. The Morgan fingerprint density at radius 1 is 1.22 bits per heavy atom. The van der Waals surface area contributed by atoms with Crippen molar-refractivity contribution in [3.05, 3.63) is 70.1 Å². The second-order valence-corrected chi connectivity index (χ2v) is 7.61. The van der Waals surface area contributed by atoms with Crippen LogP contribution in [0.5, 0.6) is 0 Å². The molecule has 1 unspecified atom stereocenters. The summed E-state index contributed by atoms with van der Waals surface area (Å²) in [5, 5.41) is 11.4. The first-order valence-electron chi connectivity index (χ1n) is 9.30. The predicted molar refractivity (Wildman–Crippen MR) is 106 cm³/mol. The minimum absolute atomic E-state index is 0.183. The van der Waals surface area contributed by atoms with E-state index in [2.05, 4.69) is 16.0 Å². The molecule has 4 rings (SSSR count). The molecule has 0 amide bonds. The molecular formula is C22H21ClFN3. The fourth-order valence-corrected chi connectivity index (χ4v) is 4.13. The molecule has 3 nitrogen and oxygen atoms in total. The topological polar surface area (TPSA) is 42.8 Å². The molecule has 1 atom stereocenters. The highest BCUT2D eigenvalue weighted by Gasteiger charge is 2.21. The standard InChI is InChI=1S/C22H21ClFN3/c23-17-5-8-21-19(12-17)20-14-27(11-9-22(20)26-21)10-1-2-16(13-25)15-3-6-18(24)7-4-15/h3-8,12,16,26H,1-2,9-11,14H2. The molecule has 138 valence electrons. The number of aromatic nitrogens is 1. The van der Waals surface area contributed by atoms with Gasteiger partial charge in [0, 0.05) is 41.1 Å². The summed E-state index contributed by atoms with van der Waals surface area (Å²) in [6.07, 6.45) is 2.72. The van der Waals surface area contributed by atoms with Crippen molar-refractivity contribution in [2.24, 2.45) is 0 Å². The Bertz CT molecular complexity index is 987. The Morgan fingerprint density at radius 2 is 2.04 bits per heavy atom. The molecule has 1 aromatic heterocycles. The van der Waals surface area contributed by atoms with Crippen LogP contribution in [-0.2, 0) is 13.0 Å². The van der Waals surface area contributed by atoms with E-state index in [0.29, 0.717) is 0 Å². The number of hydrogen-bond acceptors (Lipinski definition) is 2. The van der Waals surface area contributed by atoms with E-state index in [4.69, 9.17) is 11.6 Å². The van der Waals surface area contributed by atoms with E-state index >= 15 is 0 Å². The van der Waals surface area contributed by atoms with Crippen molar-refractivity contribution >= 4 is 22.5 Å². The largest absolute Gasteiger partial charge is 0.358 e. The van der Waals surface area contributed by atoms with E-state index in [1.807, 2.05) is 18.2 Å². The van der Waals surface area contributed by atoms with Gasteiger partial charge in [-0.1, -0.05) is 23.7 Å². The number of rotatable bonds is 5. The number of aromatic amines is 1. The molecule has 0 fully saturated rings. The van der Waals surface area contributed by atoms with Crippen molar-refractivity contribution < 1.29 is 4.39 Å². The monoisotopic (exact) mass is 381 g/mol. The lowest BCUT2D eigenvalue weighted by Crippen LogP contribution is -2.31. The number of nitriles is 1. The normalized spacial score (nSPS) is 15.4. The number of nitrogens with zero attached hydrogens (tertiary/aromatic N) is 2. The molecule has 0 radical (unpaired) electrons. The zero-order chi connectivity index (χ0) is 18.8. The number of hydrogen-bond donors (Lipinski definition) is 1. The summed E-state index contributed by atoms with van der Waals surface area (Å²) >= 11 is 6.18. The zero-order valence-electron chi connectivity index (χ0n) is 15.0. The van der Waals surface area contributed by atoms with Gasteiger partial charge in [-0.25, -0.2) is 4.39 Å². The van der Waals surface area contributed by atoms with Crippen LogP contribution in [0.15, 0.2) is 42.5 Å². The van der Waals surface area contributed by atoms with Crippen molar-refractivity contribution in [2.45, 2.75) is 31.7 Å². The van der Waals surface area contributed by atoms with Crippen LogP contribution in [0.25, 0.3) is 10.9 Å². The first-order valence-corrected chi connectivity index (χ1v) is 9.68. The molecule has 0 aliphatic carbocycles. The van der Waals surface area contributed by atoms with Gasteiger partial charge in [-0.2, -0.15) is 5.26 Å². The first kappa shape index (κ1) is 18.0. The van der Waals surface area contributed by atoms with Crippen LogP contribution in [-0.4, -0.2) is 23.0 Å². The third-order valence-corrected chi connectivity index (χ3v) is 5.65. The summed E-state index contributed by atoms with van der Waals surface area (Å²) in [5.74, 6) is -0.448. The average molecular weight is 382 g/mol. The number of benzene rings is 2. The van der Waals surface area contributed by atoms with Crippen LogP contribution in [0.2, 0.25) is 5.02 Å². The summed E-state index contributed by atoms with van der Waals surface area (Å²) < 4.78 is 13.1. The number of fused-ring (bicyclic) bond motifs is 3. The van der Waals surface area contributed by atoms with Crippen molar-refractivity contribution in [2.75, 3.05) is 13.1 Å². The predicted octanol–water partition coefficient (Wildman–Crippen LogP) is 5.41. The maximum atomic E-state index is 13.1. The second kappa shape index (κ2) is 7.72. The van der Waals surface area contributed by atoms with Crippen molar-refractivity contribution in [1.29, 1.82) is 5.26 Å². The second-order valence-electron chi connectivity index (χ2n) is 7.17. The Morgan fingerprint density at radius 3 is 2.81 bits per heavy atom. The molecule has 5 heteroatoms. The van der Waals surface area contributed by atoms with Gasteiger partial charge in [-0.3, -0.25) is 4.90 Å². The highest BCUT2D eigenvalue weighted by Crippen LogP contribution is 2.30. The van der Waals surface area contributed by atoms with Crippen LogP contribution in [0.3, 0.4) is 0 Å². The van der Waals surface area contributed by atoms with Crippen LogP contribution < -0.4 is 0 Å². The van der Waals surface area contributed by atoms with E-state index in [9.17, 15) is 9.65 Å². The first-order chi connectivity index (χ1) is 13.1. The van der Waals surface area contributed by atoms with Crippen molar-refractivity contribution in [3.8, 4) is 6.07 Å². The van der Waals surface area contributed by atoms with Gasteiger partial charge in [0.1, 0.15) is 5.82 Å². The molecule has 0 bridgehead atoms. The molecule has 0 spiro atoms. The Kier molecular flexibility index (Phi) is 5.15. The van der Waals surface area contributed by atoms with E-state index in [-0.39, 0.29) is 11.7 Å². The summed E-state index contributed by atoms with van der Waals surface area (Å²) in [5.41, 5.74) is 4.69. The van der Waals surface area contributed by atoms with Crippen LogP contribution in [0.4, 0.5) is 4.39 Å². The molecule has 1 aliphatic heterocycles. The highest BCUT2D eigenvalue weighted by atomic mass is 35.5. The molecular weight excluding hydrogens is 361 g/mol. The number of nitrogens with one attached hydrogen (secondary N) is 1. The summed E-state index contributed by atoms with van der Waals surface area (Å²) in [6, 6.07) is 14.6. The van der Waals surface area contributed by atoms with Crippen LogP contribution >= 0.6 is 11.6 Å². The van der Waals surface area contributed by atoms with Gasteiger partial charge in [-0.05, 0) is 60.8 Å². The molecule has 0 saturated heterocycles.